The van der Waals surface area contributed by atoms with E-state index in [0.717, 1.165) is 27.2 Å². The van der Waals surface area contributed by atoms with Crippen molar-refractivity contribution in [2.45, 2.75) is 6.54 Å². The molecule has 25 heavy (non-hydrogen) atoms. The number of H-pyrrole nitrogens is 1. The van der Waals surface area contributed by atoms with E-state index in [2.05, 4.69) is 15.3 Å². The van der Waals surface area contributed by atoms with Crippen LogP contribution < -0.4 is 5.32 Å². The monoisotopic (exact) mass is 367 g/mol. The van der Waals surface area contributed by atoms with Gasteiger partial charge in [0.25, 0.3) is 5.91 Å². The van der Waals surface area contributed by atoms with Crippen molar-refractivity contribution in [1.29, 1.82) is 0 Å². The van der Waals surface area contributed by atoms with Crippen molar-refractivity contribution in [3.63, 3.8) is 0 Å². The first-order chi connectivity index (χ1) is 12.2. The molecule has 0 atom stereocenters. The van der Waals surface area contributed by atoms with Crippen molar-refractivity contribution in [1.82, 2.24) is 15.3 Å². The summed E-state index contributed by atoms with van der Waals surface area (Å²) in [7, 11) is 0. The molecule has 4 nitrogen and oxygen atoms in total. The minimum absolute atomic E-state index is 0.187. The first-order valence-electron chi connectivity index (χ1n) is 7.75. The summed E-state index contributed by atoms with van der Waals surface area (Å²) in [6, 6.07) is 17.5. The molecule has 0 fully saturated rings. The van der Waals surface area contributed by atoms with E-state index in [1.807, 2.05) is 42.5 Å². The second-order valence-electron chi connectivity index (χ2n) is 5.62. The van der Waals surface area contributed by atoms with Gasteiger partial charge < -0.3 is 10.3 Å². The number of nitrogens with zero attached hydrogens (tertiary/aromatic N) is 1. The second kappa shape index (κ2) is 6.70. The molecule has 1 amide bonds. The molecule has 0 saturated heterocycles. The standard InChI is InChI=1S/C19H14ClN3OS/c20-14-7-5-12(6-8-14)10-21-18(24)17-11-25-19(23-17)16-9-13-3-1-2-4-15(13)22-16/h1-9,11,22H,10H2,(H,21,24). The van der Waals surface area contributed by atoms with Gasteiger partial charge in [-0.3, -0.25) is 4.79 Å². The average molecular weight is 368 g/mol. The van der Waals surface area contributed by atoms with Crippen LogP contribution in [0.15, 0.2) is 60.0 Å². The van der Waals surface area contributed by atoms with Crippen LogP contribution in [0.3, 0.4) is 0 Å². The van der Waals surface area contributed by atoms with Crippen molar-refractivity contribution in [3.05, 3.63) is 76.3 Å². The van der Waals surface area contributed by atoms with Crippen LogP contribution in [0.4, 0.5) is 0 Å². The van der Waals surface area contributed by atoms with Gasteiger partial charge in [0.1, 0.15) is 10.7 Å². The Morgan fingerprint density at radius 3 is 2.76 bits per heavy atom. The van der Waals surface area contributed by atoms with Crippen LogP contribution in [0.1, 0.15) is 16.1 Å². The molecular weight excluding hydrogens is 354 g/mol. The number of carbonyl (C=O) groups is 1. The Hall–Kier alpha value is -2.63. The summed E-state index contributed by atoms with van der Waals surface area (Å²) in [4.78, 5) is 20.1. The Morgan fingerprint density at radius 1 is 1.16 bits per heavy atom. The number of amides is 1. The van der Waals surface area contributed by atoms with E-state index in [0.29, 0.717) is 17.3 Å². The number of aromatic nitrogens is 2. The number of hydrogen-bond donors (Lipinski definition) is 2. The maximum Gasteiger partial charge on any atom is 0.271 e. The predicted octanol–water partition coefficient (Wildman–Crippen LogP) is 4.87. The smallest absolute Gasteiger partial charge is 0.271 e. The number of rotatable bonds is 4. The maximum absolute atomic E-state index is 12.3. The zero-order valence-corrected chi connectivity index (χ0v) is 14.7. The third kappa shape index (κ3) is 3.43. The Labute approximate surface area is 153 Å². The van der Waals surface area contributed by atoms with Crippen LogP contribution in [0.25, 0.3) is 21.6 Å². The van der Waals surface area contributed by atoms with Gasteiger partial charge in [0.2, 0.25) is 0 Å². The first kappa shape index (κ1) is 15.9. The molecule has 0 saturated carbocycles. The third-order valence-electron chi connectivity index (χ3n) is 3.86. The topological polar surface area (TPSA) is 57.8 Å². The van der Waals surface area contributed by atoms with Gasteiger partial charge in [-0.2, -0.15) is 0 Å². The lowest BCUT2D eigenvalue weighted by atomic mass is 10.2. The fourth-order valence-electron chi connectivity index (χ4n) is 2.57. The molecule has 2 N–H and O–H groups in total. The number of hydrogen-bond acceptors (Lipinski definition) is 3. The summed E-state index contributed by atoms with van der Waals surface area (Å²) in [5.74, 6) is -0.187. The van der Waals surface area contributed by atoms with Crippen LogP contribution in [-0.2, 0) is 6.54 Å². The lowest BCUT2D eigenvalue weighted by Gasteiger charge is -2.03. The number of benzene rings is 2. The molecule has 4 aromatic rings. The van der Waals surface area contributed by atoms with Gasteiger partial charge in [-0.1, -0.05) is 41.9 Å². The SMILES string of the molecule is O=C(NCc1ccc(Cl)cc1)c1csc(-c2cc3ccccc3[nH]2)n1. The van der Waals surface area contributed by atoms with Gasteiger partial charge in [0.15, 0.2) is 0 Å². The highest BCUT2D eigenvalue weighted by atomic mass is 35.5. The van der Waals surface area contributed by atoms with Gasteiger partial charge in [0.05, 0.1) is 5.69 Å². The fraction of sp³-hybridized carbons (Fsp3) is 0.0526. The van der Waals surface area contributed by atoms with Crippen LogP contribution in [0.2, 0.25) is 5.02 Å². The van der Waals surface area contributed by atoms with Crippen molar-refractivity contribution < 1.29 is 4.79 Å². The van der Waals surface area contributed by atoms with Gasteiger partial charge in [-0.25, -0.2) is 4.98 Å². The number of fused-ring (bicyclic) bond motifs is 1. The van der Waals surface area contributed by atoms with E-state index in [1.54, 1.807) is 17.5 Å². The molecule has 2 heterocycles. The summed E-state index contributed by atoms with van der Waals surface area (Å²) >= 11 is 7.31. The van der Waals surface area contributed by atoms with Crippen LogP contribution in [0, 0.1) is 0 Å². The number of nitrogens with one attached hydrogen (secondary N) is 2. The molecule has 0 bridgehead atoms. The average Bonchev–Trinajstić information content (AvgIpc) is 3.27. The van der Waals surface area contributed by atoms with Crippen molar-refractivity contribution in [3.8, 4) is 10.7 Å². The van der Waals surface area contributed by atoms with Crippen LogP contribution >= 0.6 is 22.9 Å². The molecule has 6 heteroatoms. The zero-order chi connectivity index (χ0) is 17.2. The summed E-state index contributed by atoms with van der Waals surface area (Å²) in [5.41, 5.74) is 3.39. The van der Waals surface area contributed by atoms with Crippen molar-refractivity contribution in [2.24, 2.45) is 0 Å². The maximum atomic E-state index is 12.3. The highest BCUT2D eigenvalue weighted by Crippen LogP contribution is 2.26. The molecule has 0 unspecified atom stereocenters. The van der Waals surface area contributed by atoms with E-state index in [9.17, 15) is 4.79 Å². The molecule has 4 rings (SSSR count). The van der Waals surface area contributed by atoms with E-state index < -0.39 is 0 Å². The molecule has 124 valence electrons. The number of thiazole rings is 1. The van der Waals surface area contributed by atoms with Crippen LogP contribution in [-0.4, -0.2) is 15.9 Å². The van der Waals surface area contributed by atoms with Crippen molar-refractivity contribution in [2.75, 3.05) is 0 Å². The van der Waals surface area contributed by atoms with Gasteiger partial charge in [-0.05, 0) is 29.8 Å². The molecule has 0 radical (unpaired) electrons. The Bertz CT molecular complexity index is 1000. The summed E-state index contributed by atoms with van der Waals surface area (Å²) in [5, 5.41) is 7.26. The fourth-order valence-corrected chi connectivity index (χ4v) is 3.46. The van der Waals surface area contributed by atoms with Gasteiger partial charge >= 0.3 is 0 Å². The van der Waals surface area contributed by atoms with E-state index in [4.69, 9.17) is 11.6 Å². The highest BCUT2D eigenvalue weighted by molar-refractivity contribution is 7.13. The minimum Gasteiger partial charge on any atom is -0.353 e. The molecule has 0 aliphatic rings. The molecule has 0 aliphatic carbocycles. The summed E-state index contributed by atoms with van der Waals surface area (Å²) in [6.07, 6.45) is 0. The summed E-state index contributed by atoms with van der Waals surface area (Å²) < 4.78 is 0. The molecule has 0 spiro atoms. The quantitative estimate of drug-likeness (QED) is 0.540. The molecule has 0 aliphatic heterocycles. The van der Waals surface area contributed by atoms with E-state index in [-0.39, 0.29) is 5.91 Å². The first-order valence-corrected chi connectivity index (χ1v) is 9.01. The number of halogens is 1. The Morgan fingerprint density at radius 2 is 1.96 bits per heavy atom. The molecule has 2 aromatic heterocycles. The van der Waals surface area contributed by atoms with Crippen molar-refractivity contribution >= 4 is 39.7 Å². The lowest BCUT2D eigenvalue weighted by Crippen LogP contribution is -2.23. The van der Waals surface area contributed by atoms with Gasteiger partial charge in [-0.15, -0.1) is 11.3 Å². The predicted molar refractivity (Wildman–Crippen MR) is 102 cm³/mol. The minimum atomic E-state index is -0.187. The van der Waals surface area contributed by atoms with E-state index >= 15 is 0 Å². The number of carbonyl (C=O) groups excluding carboxylic acids is 1. The second-order valence-corrected chi connectivity index (χ2v) is 6.91. The number of para-hydroxylation sites is 1. The van der Waals surface area contributed by atoms with Gasteiger partial charge in [0, 0.05) is 27.9 Å². The number of aromatic amines is 1. The third-order valence-corrected chi connectivity index (χ3v) is 4.99. The summed E-state index contributed by atoms with van der Waals surface area (Å²) in [6.45, 7) is 0.440. The Kier molecular flexibility index (Phi) is 4.26. The normalized spacial score (nSPS) is 10.9. The highest BCUT2D eigenvalue weighted by Gasteiger charge is 2.13. The largest absolute Gasteiger partial charge is 0.353 e. The zero-order valence-electron chi connectivity index (χ0n) is 13.1. The molecule has 2 aromatic carbocycles. The lowest BCUT2D eigenvalue weighted by molar-refractivity contribution is 0.0946. The van der Waals surface area contributed by atoms with E-state index in [1.165, 1.54) is 11.3 Å². The van der Waals surface area contributed by atoms with Crippen LogP contribution in [0.5, 0.6) is 0 Å². The Balaban J connectivity index is 1.48. The molecular formula is C19H14ClN3OS.